The van der Waals surface area contributed by atoms with Crippen molar-refractivity contribution in [2.45, 2.75) is 18.4 Å². The summed E-state index contributed by atoms with van der Waals surface area (Å²) in [7, 11) is -3.86. The number of carbonyl (C=O) groups excluding carboxylic acids is 1. The summed E-state index contributed by atoms with van der Waals surface area (Å²) in [5, 5.41) is 11.8. The summed E-state index contributed by atoms with van der Waals surface area (Å²) in [5.41, 5.74) is 2.37. The number of anilines is 1. The average Bonchev–Trinajstić information content (AvgIpc) is 3.07. The van der Waals surface area contributed by atoms with Gasteiger partial charge >= 0.3 is 0 Å². The highest BCUT2D eigenvalue weighted by atomic mass is 35.5. The predicted molar refractivity (Wildman–Crippen MR) is 139 cm³/mol. The van der Waals surface area contributed by atoms with Gasteiger partial charge < -0.3 is 4.74 Å². The molecule has 0 saturated heterocycles. The first kappa shape index (κ1) is 25.2. The molecule has 0 aromatic heterocycles. The first-order chi connectivity index (χ1) is 16.5. The number of carbonyl (C=O) groups is 1. The van der Waals surface area contributed by atoms with Crippen LogP contribution in [0.15, 0.2) is 76.2 Å². The number of nitrogens with zero attached hydrogens (tertiary/aromatic N) is 2. The number of benzene rings is 3. The Hall–Kier alpha value is -2.88. The zero-order chi connectivity index (χ0) is 25.3. The Balaban J connectivity index is 1.66. The molecular formula is C24H18Cl3N3O4S. The van der Waals surface area contributed by atoms with Gasteiger partial charge in [0.25, 0.3) is 5.91 Å². The van der Waals surface area contributed by atoms with Crippen LogP contribution in [0.5, 0.6) is 5.75 Å². The minimum absolute atomic E-state index is 0.0711. The summed E-state index contributed by atoms with van der Waals surface area (Å²) >= 11 is 18.9. The molecular weight excluding hydrogens is 533 g/mol. The summed E-state index contributed by atoms with van der Waals surface area (Å²) in [6.45, 7) is 1.83. The molecule has 180 valence electrons. The topological polar surface area (TPSA) is 102 Å². The Labute approximate surface area is 217 Å². The molecule has 7 nitrogen and oxygen atoms in total. The molecule has 1 aliphatic heterocycles. The van der Waals surface area contributed by atoms with Crippen LogP contribution in [0, 0.1) is 0 Å². The molecule has 11 heteroatoms. The van der Waals surface area contributed by atoms with E-state index in [-0.39, 0.29) is 16.5 Å². The Morgan fingerprint density at radius 2 is 1.71 bits per heavy atom. The fourth-order valence-corrected chi connectivity index (χ4v) is 4.67. The molecule has 0 aliphatic carbocycles. The first-order valence-electron chi connectivity index (χ1n) is 10.1. The van der Waals surface area contributed by atoms with Crippen molar-refractivity contribution in [1.82, 2.24) is 0 Å². The monoisotopic (exact) mass is 549 g/mol. The lowest BCUT2D eigenvalue weighted by atomic mass is 10.1. The Kier molecular flexibility index (Phi) is 7.21. The molecule has 0 fully saturated rings. The van der Waals surface area contributed by atoms with Crippen LogP contribution in [0.3, 0.4) is 0 Å². The Morgan fingerprint density at radius 3 is 2.37 bits per heavy atom. The summed E-state index contributed by atoms with van der Waals surface area (Å²) in [5.74, 6) is -0.0842. The highest BCUT2D eigenvalue weighted by Crippen LogP contribution is 2.36. The molecule has 0 atom stereocenters. The maximum absolute atomic E-state index is 13.2. The Morgan fingerprint density at radius 1 is 1.03 bits per heavy atom. The second-order valence-corrected chi connectivity index (χ2v) is 10.4. The van der Waals surface area contributed by atoms with Gasteiger partial charge in [0.1, 0.15) is 12.4 Å². The van der Waals surface area contributed by atoms with Crippen molar-refractivity contribution in [3.05, 3.63) is 92.4 Å². The van der Waals surface area contributed by atoms with Gasteiger partial charge in [0.05, 0.1) is 26.9 Å². The molecule has 3 aromatic carbocycles. The van der Waals surface area contributed by atoms with E-state index in [4.69, 9.17) is 44.7 Å². The lowest BCUT2D eigenvalue weighted by Crippen LogP contribution is -2.21. The van der Waals surface area contributed by atoms with E-state index in [0.29, 0.717) is 38.3 Å². The van der Waals surface area contributed by atoms with Gasteiger partial charge in [0.2, 0.25) is 10.0 Å². The molecule has 0 saturated carbocycles. The normalized spacial score (nSPS) is 15.0. The number of amides is 1. The number of nitrogens with two attached hydrogens (primary N) is 1. The van der Waals surface area contributed by atoms with Gasteiger partial charge in [-0.25, -0.2) is 13.6 Å². The first-order valence-corrected chi connectivity index (χ1v) is 12.8. The van der Waals surface area contributed by atoms with Crippen molar-refractivity contribution in [2.24, 2.45) is 10.2 Å². The molecule has 0 radical (unpaired) electrons. The van der Waals surface area contributed by atoms with Crippen LogP contribution < -0.4 is 14.9 Å². The predicted octanol–water partition coefficient (Wildman–Crippen LogP) is 5.68. The van der Waals surface area contributed by atoms with Crippen LogP contribution in [0.25, 0.3) is 6.08 Å². The van der Waals surface area contributed by atoms with Gasteiger partial charge in [-0.15, -0.1) is 0 Å². The largest absolute Gasteiger partial charge is 0.487 e. The maximum atomic E-state index is 13.2. The third-order valence-corrected chi connectivity index (χ3v) is 6.94. The molecule has 0 bridgehead atoms. The maximum Gasteiger partial charge on any atom is 0.280 e. The Bertz CT molecular complexity index is 1490. The molecule has 1 amide bonds. The lowest BCUT2D eigenvalue weighted by Gasteiger charge is -2.14. The van der Waals surface area contributed by atoms with Crippen molar-refractivity contribution < 1.29 is 17.9 Å². The summed E-state index contributed by atoms with van der Waals surface area (Å²) in [4.78, 5) is 13.1. The lowest BCUT2D eigenvalue weighted by molar-refractivity contribution is -0.114. The molecule has 1 heterocycles. The smallest absolute Gasteiger partial charge is 0.280 e. The SMILES string of the molecule is CC1=NN(c2ccc(S(N)(=O)=O)cc2)C(=O)C1=Cc1cc(Cl)cc(Cl)c1OCc1ccccc1Cl. The molecule has 0 spiro atoms. The summed E-state index contributed by atoms with van der Waals surface area (Å²) in [6.07, 6.45) is 1.60. The van der Waals surface area contributed by atoms with Crippen molar-refractivity contribution in [1.29, 1.82) is 0 Å². The zero-order valence-electron chi connectivity index (χ0n) is 18.2. The minimum Gasteiger partial charge on any atom is -0.487 e. The van der Waals surface area contributed by atoms with Crippen molar-refractivity contribution in [3.8, 4) is 5.75 Å². The number of halogens is 3. The van der Waals surface area contributed by atoms with Crippen LogP contribution in [0.1, 0.15) is 18.1 Å². The van der Waals surface area contributed by atoms with Gasteiger partial charge in [-0.05, 0) is 55.5 Å². The third-order valence-electron chi connectivity index (χ3n) is 5.14. The number of ether oxygens (including phenoxy) is 1. The van der Waals surface area contributed by atoms with Crippen LogP contribution in [0.2, 0.25) is 15.1 Å². The molecule has 0 unspecified atom stereocenters. The van der Waals surface area contributed by atoms with Crippen LogP contribution in [-0.4, -0.2) is 20.0 Å². The molecule has 4 rings (SSSR count). The minimum atomic E-state index is -3.86. The summed E-state index contributed by atoms with van der Waals surface area (Å²) in [6, 6.07) is 15.9. The van der Waals surface area contributed by atoms with Gasteiger partial charge in [0, 0.05) is 21.2 Å². The molecule has 2 N–H and O–H groups in total. The van der Waals surface area contributed by atoms with E-state index in [0.717, 1.165) is 5.56 Å². The van der Waals surface area contributed by atoms with Gasteiger partial charge in [0.15, 0.2) is 0 Å². The summed E-state index contributed by atoms with van der Waals surface area (Å²) < 4.78 is 29.0. The van der Waals surface area contributed by atoms with Crippen LogP contribution in [0.4, 0.5) is 5.69 Å². The highest BCUT2D eigenvalue weighted by Gasteiger charge is 2.29. The quantitative estimate of drug-likeness (QED) is 0.399. The van der Waals surface area contributed by atoms with Gasteiger partial charge in [-0.3, -0.25) is 4.79 Å². The van der Waals surface area contributed by atoms with E-state index in [2.05, 4.69) is 5.10 Å². The van der Waals surface area contributed by atoms with Crippen molar-refractivity contribution in [2.75, 3.05) is 5.01 Å². The van der Waals surface area contributed by atoms with Crippen molar-refractivity contribution >= 4 is 68.2 Å². The van der Waals surface area contributed by atoms with Gasteiger partial charge in [-0.2, -0.15) is 10.1 Å². The number of hydrazone groups is 1. The second kappa shape index (κ2) is 10.0. The van der Waals surface area contributed by atoms with E-state index in [1.54, 1.807) is 31.2 Å². The second-order valence-electron chi connectivity index (χ2n) is 7.59. The standard InChI is InChI=1S/C24H18Cl3N3O4S/c1-14-20(24(31)30(29-14)18-6-8-19(9-7-18)35(28,32)33)11-16-10-17(25)12-22(27)23(16)34-13-15-4-2-3-5-21(15)26/h2-12H,13H2,1H3,(H2,28,32,33). The van der Waals surface area contributed by atoms with Crippen molar-refractivity contribution in [3.63, 3.8) is 0 Å². The highest BCUT2D eigenvalue weighted by molar-refractivity contribution is 7.89. The molecule has 1 aliphatic rings. The third kappa shape index (κ3) is 5.52. The fourth-order valence-electron chi connectivity index (χ4n) is 3.40. The molecule has 35 heavy (non-hydrogen) atoms. The number of sulfonamides is 1. The van der Waals surface area contributed by atoms with Crippen LogP contribution in [-0.2, 0) is 21.4 Å². The van der Waals surface area contributed by atoms with Gasteiger partial charge in [-0.1, -0.05) is 53.0 Å². The number of rotatable bonds is 6. The van der Waals surface area contributed by atoms with E-state index >= 15 is 0 Å². The number of hydrogen-bond acceptors (Lipinski definition) is 5. The van der Waals surface area contributed by atoms with E-state index < -0.39 is 15.9 Å². The van der Waals surface area contributed by atoms with Crippen LogP contribution >= 0.6 is 34.8 Å². The van der Waals surface area contributed by atoms with E-state index in [9.17, 15) is 13.2 Å². The zero-order valence-corrected chi connectivity index (χ0v) is 21.3. The average molecular weight is 551 g/mol. The fraction of sp³-hybridized carbons (Fsp3) is 0.0833. The number of primary sulfonamides is 1. The van der Waals surface area contributed by atoms with E-state index in [1.807, 2.05) is 18.2 Å². The number of hydrogen-bond donors (Lipinski definition) is 1. The van der Waals surface area contributed by atoms with E-state index in [1.165, 1.54) is 29.3 Å². The molecule has 3 aromatic rings.